The van der Waals surface area contributed by atoms with Gasteiger partial charge in [0.1, 0.15) is 49.0 Å². The number of halogens is 6. The minimum absolute atomic E-state index is 0.00764. The van der Waals surface area contributed by atoms with E-state index in [9.17, 15) is 0 Å². The molecule has 0 spiro atoms. The number of rotatable bonds is 16. The molecular formula is C65H72Cl6N6O12Si2. The van der Waals surface area contributed by atoms with E-state index in [0.29, 0.717) is 33.8 Å². The number of hydrogen-bond donors (Lipinski definition) is 0. The second-order valence-corrected chi connectivity index (χ2v) is 40.3. The van der Waals surface area contributed by atoms with Crippen molar-refractivity contribution in [3.63, 3.8) is 0 Å². The van der Waals surface area contributed by atoms with Crippen LogP contribution in [0.15, 0.2) is 122 Å². The number of carbonyl (C=O) groups excluding carboxylic acids is 4. The first kappa shape index (κ1) is 68.1. The van der Waals surface area contributed by atoms with E-state index in [2.05, 4.69) is 51.5 Å². The number of alkyl halides is 6. The molecule has 0 saturated carbocycles. The maximum absolute atomic E-state index is 15.6. The highest BCUT2D eigenvalue weighted by molar-refractivity contribution is 6.74. The van der Waals surface area contributed by atoms with E-state index in [4.69, 9.17) is 107 Å². The Morgan fingerprint density at radius 1 is 0.538 bits per heavy atom. The second kappa shape index (κ2) is 26.2. The lowest BCUT2D eigenvalue weighted by Gasteiger charge is -2.45. The fourth-order valence-electron chi connectivity index (χ4n) is 11.0. The molecule has 4 aliphatic rings. The van der Waals surface area contributed by atoms with Crippen LogP contribution in [0.25, 0.3) is 33.0 Å². The second-order valence-electron chi connectivity index (χ2n) is 25.7. The Kier molecular flexibility index (Phi) is 19.6. The summed E-state index contributed by atoms with van der Waals surface area (Å²) in [6.45, 7) is 19.3. The van der Waals surface area contributed by atoms with Crippen molar-refractivity contribution < 1.29 is 56.5 Å². The number of carbonyl (C=O) groups is 4. The van der Waals surface area contributed by atoms with Crippen molar-refractivity contribution in [2.75, 3.05) is 50.4 Å². The summed E-state index contributed by atoms with van der Waals surface area (Å²) >= 11 is 37.4. The van der Waals surface area contributed by atoms with Gasteiger partial charge in [0.25, 0.3) is 11.8 Å². The van der Waals surface area contributed by atoms with Crippen LogP contribution in [-0.2, 0) is 27.8 Å². The molecule has 0 bridgehead atoms. The van der Waals surface area contributed by atoms with Gasteiger partial charge in [-0.05, 0) is 127 Å². The fourth-order valence-corrected chi connectivity index (χ4v) is 13.8. The molecule has 0 N–H and O–H groups in total. The van der Waals surface area contributed by atoms with Gasteiger partial charge in [-0.1, -0.05) is 135 Å². The maximum atomic E-state index is 15.6. The van der Waals surface area contributed by atoms with Crippen molar-refractivity contribution in [1.29, 1.82) is 0 Å². The summed E-state index contributed by atoms with van der Waals surface area (Å²) < 4.78 is 48.3. The lowest BCUT2D eigenvalue weighted by molar-refractivity contribution is -0.0248. The summed E-state index contributed by atoms with van der Waals surface area (Å²) in [6.07, 6.45) is 0.643. The molecule has 0 aliphatic carbocycles. The van der Waals surface area contributed by atoms with Gasteiger partial charge in [0, 0.05) is 59.9 Å². The third-order valence-electron chi connectivity index (χ3n) is 17.7. The highest BCUT2D eigenvalue weighted by atomic mass is 35.6. The van der Waals surface area contributed by atoms with Gasteiger partial charge in [-0.25, -0.2) is 19.4 Å². The average Bonchev–Trinajstić information content (AvgIpc) is 1.59. The predicted molar refractivity (Wildman–Crippen MR) is 362 cm³/mol. The van der Waals surface area contributed by atoms with Gasteiger partial charge >= 0.3 is 12.2 Å². The van der Waals surface area contributed by atoms with E-state index in [0.717, 1.165) is 21.8 Å². The fraction of sp³-hybridized carbons (Fsp3) is 0.415. The van der Waals surface area contributed by atoms with Crippen LogP contribution in [0.4, 0.5) is 21.0 Å². The van der Waals surface area contributed by atoms with E-state index in [1.165, 1.54) is 24.0 Å². The Labute approximate surface area is 561 Å². The molecule has 0 saturated heterocycles. The molecule has 6 atom stereocenters. The van der Waals surface area contributed by atoms with Crippen LogP contribution in [0.2, 0.25) is 36.3 Å². The Morgan fingerprint density at radius 2 is 0.923 bits per heavy atom. The van der Waals surface area contributed by atoms with E-state index < -0.39 is 108 Å². The van der Waals surface area contributed by atoms with Crippen molar-refractivity contribution in [3.8, 4) is 11.5 Å². The molecule has 26 heteroatoms. The lowest BCUT2D eigenvalue weighted by Crippen LogP contribution is -2.61. The van der Waals surface area contributed by atoms with Gasteiger partial charge < -0.3 is 47.1 Å². The third kappa shape index (κ3) is 14.2. The zero-order valence-electron chi connectivity index (χ0n) is 52.4. The van der Waals surface area contributed by atoms with Crippen molar-refractivity contribution >= 4 is 155 Å². The first-order valence-corrected chi connectivity index (χ1v) is 37.6. The molecule has 0 radical (unpaired) electrons. The molecule has 2 aromatic heterocycles. The van der Waals surface area contributed by atoms with Gasteiger partial charge in [-0.15, -0.1) is 0 Å². The SMILES string of the molecule is COc1ccc2c(c1)C(=O)N1C=C(c3ccc4ncccc4c3)C(OCCCOC3C(c4ccc5ncccc5c4)=CN4C(=O)c5cc(OC)ccc5N(C(=O)OCC(Cl)(Cl)Cl)[C@@H](O[Si](C)(C)C(C)(C)C)[C@H]34)[C@H]1[C@H](O[Si](C)(C)C(C)(C)C)N2C(=O)OCC(Cl)(Cl)Cl. The number of nitrogens with zero attached hydrogens (tertiary/aromatic N) is 6. The Hall–Kier alpha value is -5.73. The predicted octanol–water partition coefficient (Wildman–Crippen LogP) is 15.7. The average molecular weight is 1400 g/mol. The quantitative estimate of drug-likeness (QED) is 0.0507. The largest absolute Gasteiger partial charge is 0.497 e. The number of ether oxygens (including phenoxy) is 6. The zero-order valence-corrected chi connectivity index (χ0v) is 58.9. The van der Waals surface area contributed by atoms with Gasteiger partial charge in [-0.3, -0.25) is 19.6 Å². The van der Waals surface area contributed by atoms with Crippen molar-refractivity contribution in [1.82, 2.24) is 19.8 Å². The number of pyridine rings is 2. The number of benzene rings is 4. The molecule has 18 nitrogen and oxygen atoms in total. The van der Waals surface area contributed by atoms with Crippen LogP contribution < -0.4 is 19.3 Å². The molecule has 91 heavy (non-hydrogen) atoms. The number of amides is 4. The van der Waals surface area contributed by atoms with E-state index in [1.54, 1.807) is 71.0 Å². The van der Waals surface area contributed by atoms with Gasteiger partial charge in [0.05, 0.1) is 47.8 Å². The van der Waals surface area contributed by atoms with E-state index in [1.807, 2.05) is 86.9 Å². The summed E-state index contributed by atoms with van der Waals surface area (Å²) in [5.41, 5.74) is 4.63. The van der Waals surface area contributed by atoms with Crippen molar-refractivity contribution in [2.24, 2.45) is 0 Å². The Balaban J connectivity index is 1.08. The lowest BCUT2D eigenvalue weighted by atomic mass is 9.96. The van der Waals surface area contributed by atoms with Crippen molar-refractivity contribution in [2.45, 2.75) is 129 Å². The number of anilines is 2. The first-order chi connectivity index (χ1) is 42.7. The summed E-state index contributed by atoms with van der Waals surface area (Å²) in [7, 11) is -2.96. The molecule has 2 unspecified atom stereocenters. The molecule has 0 fully saturated rings. The monoisotopic (exact) mass is 1390 g/mol. The highest BCUT2D eigenvalue weighted by Crippen LogP contribution is 2.49. The van der Waals surface area contributed by atoms with Gasteiger partial charge in [0.2, 0.25) is 7.59 Å². The molecule has 4 amide bonds. The zero-order chi connectivity index (χ0) is 65.9. The number of methoxy groups -OCH3 is 2. The molecule has 4 aliphatic heterocycles. The molecule has 10 rings (SSSR count). The smallest absolute Gasteiger partial charge is 0.416 e. The van der Waals surface area contributed by atoms with Crippen LogP contribution in [0.5, 0.6) is 11.5 Å². The topological polar surface area (TPSA) is 181 Å². The van der Waals surface area contributed by atoms with Crippen LogP contribution in [0, 0.1) is 0 Å². The minimum Gasteiger partial charge on any atom is -0.497 e. The summed E-state index contributed by atoms with van der Waals surface area (Å²) in [6, 6.07) is 26.6. The molecule has 484 valence electrons. The Morgan fingerprint density at radius 3 is 1.27 bits per heavy atom. The molecule has 6 aromatic rings. The first-order valence-electron chi connectivity index (χ1n) is 29.5. The third-order valence-corrected chi connectivity index (χ3v) is 27.2. The van der Waals surface area contributed by atoms with E-state index >= 15 is 19.2 Å². The standard InChI is InChI=1S/C65H72Cl6N6O12Si2/c1-62(2,3)90(9,10)88-58-52-54(46(38-18-22-48-40(30-38)16-13-26-72-48)34-74(52)56(78)44-32-42(82-7)20-24-50(44)76(58)60(80)86-36-64(66,67)68)84-28-15-29-85-55-47(39-19-23-49-41(31-39)17-14-27-73-49)35-75-53(55)59(89-91(11,12)63(4,5)6)77(61(81)87-37-65(69,70)71)51-25-21-43(83-8)33-45(51)57(75)79/h13-14,16-27,30-35,52-55,58-59H,15,28-29,36-37H2,1-12H3/t52-,53-,54?,55?,58-,59-/m0/s1. The van der Waals surface area contributed by atoms with E-state index in [-0.39, 0.29) is 42.1 Å². The highest BCUT2D eigenvalue weighted by Gasteiger charge is 2.57. The minimum atomic E-state index is -2.96. The number of hydrogen-bond acceptors (Lipinski definition) is 14. The van der Waals surface area contributed by atoms with Gasteiger partial charge in [-0.2, -0.15) is 0 Å². The number of aromatic nitrogens is 2. The molecule has 6 heterocycles. The normalized spacial score (nSPS) is 20.5. The van der Waals surface area contributed by atoms with Gasteiger partial charge in [0.15, 0.2) is 29.1 Å². The van der Waals surface area contributed by atoms with Crippen LogP contribution in [0.1, 0.15) is 79.8 Å². The number of fused-ring (bicyclic) bond motifs is 6. The summed E-state index contributed by atoms with van der Waals surface area (Å²) in [5.74, 6) is -0.266. The Bertz CT molecular complexity index is 3610. The van der Waals surface area contributed by atoms with Crippen LogP contribution in [0.3, 0.4) is 0 Å². The summed E-state index contributed by atoms with van der Waals surface area (Å²) in [5, 5.41) is 0.788. The molecule has 4 aromatic carbocycles. The maximum Gasteiger partial charge on any atom is 0.416 e. The van der Waals surface area contributed by atoms with Crippen LogP contribution >= 0.6 is 69.6 Å². The molecular weight excluding hydrogens is 1330 g/mol. The van der Waals surface area contributed by atoms with Crippen molar-refractivity contribution in [3.05, 3.63) is 144 Å². The summed E-state index contributed by atoms with van der Waals surface area (Å²) in [4.78, 5) is 76.2. The van der Waals surface area contributed by atoms with Crippen LogP contribution in [-0.4, -0.2) is 145 Å².